The maximum absolute atomic E-state index is 12.1. The Morgan fingerprint density at radius 1 is 1.61 bits per heavy atom. The quantitative estimate of drug-likeness (QED) is 0.849. The molecule has 0 amide bonds. The smallest absolute Gasteiger partial charge is 0.165 e. The van der Waals surface area contributed by atoms with Crippen LogP contribution in [0.1, 0.15) is 16.8 Å². The third-order valence-electron chi connectivity index (χ3n) is 2.89. The first-order valence-corrected chi connectivity index (χ1v) is 6.27. The molecule has 5 heteroatoms. The molecule has 18 heavy (non-hydrogen) atoms. The van der Waals surface area contributed by atoms with Gasteiger partial charge in [0.15, 0.2) is 5.78 Å². The van der Waals surface area contributed by atoms with Gasteiger partial charge in [-0.3, -0.25) is 4.79 Å². The van der Waals surface area contributed by atoms with Gasteiger partial charge in [-0.15, -0.1) is 0 Å². The molecule has 0 saturated carbocycles. The van der Waals surface area contributed by atoms with Crippen molar-refractivity contribution in [3.05, 3.63) is 28.8 Å². The van der Waals surface area contributed by atoms with Gasteiger partial charge < -0.3 is 14.8 Å². The number of hydrogen-bond donors (Lipinski definition) is 1. The van der Waals surface area contributed by atoms with Crippen molar-refractivity contribution in [2.75, 3.05) is 26.8 Å². The van der Waals surface area contributed by atoms with E-state index in [2.05, 4.69) is 5.32 Å². The lowest BCUT2D eigenvalue weighted by Crippen LogP contribution is -2.39. The largest absolute Gasteiger partial charge is 0.495 e. The number of rotatable bonds is 4. The monoisotopic (exact) mass is 269 g/mol. The van der Waals surface area contributed by atoms with Gasteiger partial charge in [0, 0.05) is 25.1 Å². The Kier molecular flexibility index (Phi) is 4.58. The summed E-state index contributed by atoms with van der Waals surface area (Å²) in [6, 6.07) is 5.07. The molecule has 1 aromatic rings. The van der Waals surface area contributed by atoms with E-state index in [0.717, 1.165) is 13.1 Å². The van der Waals surface area contributed by atoms with E-state index >= 15 is 0 Å². The number of ether oxygens (including phenoxy) is 2. The molecule has 0 spiro atoms. The van der Waals surface area contributed by atoms with Gasteiger partial charge in [-0.25, -0.2) is 0 Å². The van der Waals surface area contributed by atoms with Crippen LogP contribution in [0.25, 0.3) is 0 Å². The van der Waals surface area contributed by atoms with Crippen molar-refractivity contribution < 1.29 is 14.3 Å². The van der Waals surface area contributed by atoms with Crippen LogP contribution in [-0.4, -0.2) is 38.7 Å². The summed E-state index contributed by atoms with van der Waals surface area (Å²) in [4.78, 5) is 12.1. The van der Waals surface area contributed by atoms with E-state index in [1.807, 2.05) is 0 Å². The van der Waals surface area contributed by atoms with Gasteiger partial charge in [0.25, 0.3) is 0 Å². The first-order valence-electron chi connectivity index (χ1n) is 5.90. The van der Waals surface area contributed by atoms with Crippen molar-refractivity contribution in [1.82, 2.24) is 5.32 Å². The summed E-state index contributed by atoms with van der Waals surface area (Å²) in [5.74, 6) is 0.608. The van der Waals surface area contributed by atoms with Gasteiger partial charge in [0.05, 0.1) is 24.8 Å². The Balaban J connectivity index is 2.01. The van der Waals surface area contributed by atoms with Crippen LogP contribution in [-0.2, 0) is 4.74 Å². The number of ketones is 1. The van der Waals surface area contributed by atoms with Crippen LogP contribution in [0.5, 0.6) is 5.75 Å². The SMILES string of the molecule is COc1ccc(C(=O)CC2CNCCO2)cc1Cl. The summed E-state index contributed by atoms with van der Waals surface area (Å²) >= 11 is 6.00. The van der Waals surface area contributed by atoms with Crippen molar-refractivity contribution in [2.24, 2.45) is 0 Å². The van der Waals surface area contributed by atoms with Gasteiger partial charge in [-0.05, 0) is 18.2 Å². The van der Waals surface area contributed by atoms with E-state index in [4.69, 9.17) is 21.1 Å². The van der Waals surface area contributed by atoms with Gasteiger partial charge in [-0.2, -0.15) is 0 Å². The molecule has 1 atom stereocenters. The van der Waals surface area contributed by atoms with E-state index in [1.165, 1.54) is 0 Å². The number of benzene rings is 1. The maximum atomic E-state index is 12.1. The fourth-order valence-electron chi connectivity index (χ4n) is 1.92. The minimum atomic E-state index is -0.0490. The minimum absolute atomic E-state index is 0.0354. The van der Waals surface area contributed by atoms with E-state index < -0.39 is 0 Å². The Morgan fingerprint density at radius 3 is 3.06 bits per heavy atom. The summed E-state index contributed by atoms with van der Waals surface area (Å²) < 4.78 is 10.6. The third kappa shape index (κ3) is 3.22. The second-order valence-electron chi connectivity index (χ2n) is 4.17. The molecule has 1 saturated heterocycles. The lowest BCUT2D eigenvalue weighted by Gasteiger charge is -2.23. The average molecular weight is 270 g/mol. The zero-order valence-corrected chi connectivity index (χ0v) is 11.0. The summed E-state index contributed by atoms with van der Waals surface area (Å²) in [7, 11) is 1.55. The molecule has 1 N–H and O–H groups in total. The third-order valence-corrected chi connectivity index (χ3v) is 3.19. The molecule has 98 valence electrons. The highest BCUT2D eigenvalue weighted by Crippen LogP contribution is 2.25. The van der Waals surface area contributed by atoms with Gasteiger partial charge in [0.2, 0.25) is 0 Å². The number of carbonyl (C=O) groups is 1. The van der Waals surface area contributed by atoms with Crippen LogP contribution in [0.3, 0.4) is 0 Å². The second-order valence-corrected chi connectivity index (χ2v) is 4.58. The number of carbonyl (C=O) groups excluding carboxylic acids is 1. The highest BCUT2D eigenvalue weighted by atomic mass is 35.5. The van der Waals surface area contributed by atoms with Crippen molar-refractivity contribution in [2.45, 2.75) is 12.5 Å². The van der Waals surface area contributed by atoms with E-state index in [0.29, 0.717) is 29.4 Å². The van der Waals surface area contributed by atoms with Crippen molar-refractivity contribution in [3.63, 3.8) is 0 Å². The molecule has 1 aromatic carbocycles. The molecule has 1 unspecified atom stereocenters. The normalized spacial score (nSPS) is 19.6. The Hall–Kier alpha value is -1.10. The fourth-order valence-corrected chi connectivity index (χ4v) is 2.17. The molecule has 0 aromatic heterocycles. The number of morpholine rings is 1. The molecule has 4 nitrogen and oxygen atoms in total. The second kappa shape index (κ2) is 6.18. The lowest BCUT2D eigenvalue weighted by atomic mass is 10.0. The molecule has 1 aliphatic rings. The zero-order valence-electron chi connectivity index (χ0n) is 10.2. The maximum Gasteiger partial charge on any atom is 0.165 e. The highest BCUT2D eigenvalue weighted by Gasteiger charge is 2.18. The zero-order chi connectivity index (χ0) is 13.0. The molecular formula is C13H16ClNO3. The summed E-state index contributed by atoms with van der Waals surface area (Å²) in [6.45, 7) is 2.22. The average Bonchev–Trinajstić information content (AvgIpc) is 2.39. The molecule has 1 fully saturated rings. The van der Waals surface area contributed by atoms with E-state index in [9.17, 15) is 4.79 Å². The van der Waals surface area contributed by atoms with Gasteiger partial charge in [-0.1, -0.05) is 11.6 Å². The van der Waals surface area contributed by atoms with Crippen LogP contribution in [0, 0.1) is 0 Å². The van der Waals surface area contributed by atoms with Gasteiger partial charge >= 0.3 is 0 Å². The Morgan fingerprint density at radius 2 is 2.44 bits per heavy atom. The molecule has 0 radical (unpaired) electrons. The molecule has 0 aliphatic carbocycles. The van der Waals surface area contributed by atoms with Crippen LogP contribution < -0.4 is 10.1 Å². The topological polar surface area (TPSA) is 47.6 Å². The number of nitrogens with one attached hydrogen (secondary N) is 1. The van der Waals surface area contributed by atoms with Crippen molar-refractivity contribution >= 4 is 17.4 Å². The number of methoxy groups -OCH3 is 1. The fraction of sp³-hybridized carbons (Fsp3) is 0.462. The number of halogens is 1. The standard InChI is InChI=1S/C13H16ClNO3/c1-17-13-3-2-9(6-11(13)14)12(16)7-10-8-15-4-5-18-10/h2-3,6,10,15H,4-5,7-8H2,1H3. The van der Waals surface area contributed by atoms with E-state index in [1.54, 1.807) is 25.3 Å². The van der Waals surface area contributed by atoms with Crippen LogP contribution in [0.2, 0.25) is 5.02 Å². The molecule has 2 rings (SSSR count). The molecule has 1 heterocycles. The predicted octanol–water partition coefficient (Wildman–Crippen LogP) is 1.91. The van der Waals surface area contributed by atoms with Crippen LogP contribution in [0.15, 0.2) is 18.2 Å². The molecule has 1 aliphatic heterocycles. The summed E-state index contributed by atoms with van der Waals surface area (Å²) in [5.41, 5.74) is 0.593. The summed E-state index contributed by atoms with van der Waals surface area (Å²) in [6.07, 6.45) is 0.322. The molecular weight excluding hydrogens is 254 g/mol. The van der Waals surface area contributed by atoms with E-state index in [-0.39, 0.29) is 11.9 Å². The number of hydrogen-bond acceptors (Lipinski definition) is 4. The van der Waals surface area contributed by atoms with Crippen LogP contribution >= 0.6 is 11.6 Å². The molecule has 0 bridgehead atoms. The predicted molar refractivity (Wildman–Crippen MR) is 69.6 cm³/mol. The summed E-state index contributed by atoms with van der Waals surface area (Å²) in [5, 5.41) is 3.65. The Labute approximate surface area is 111 Å². The number of Topliss-reactive ketones (excluding diaryl/α,β-unsaturated/α-hetero) is 1. The van der Waals surface area contributed by atoms with Crippen molar-refractivity contribution in [3.8, 4) is 5.75 Å². The minimum Gasteiger partial charge on any atom is -0.495 e. The first kappa shape index (κ1) is 13.3. The highest BCUT2D eigenvalue weighted by molar-refractivity contribution is 6.32. The lowest BCUT2D eigenvalue weighted by molar-refractivity contribution is 0.0240. The first-order chi connectivity index (χ1) is 8.70. The van der Waals surface area contributed by atoms with Crippen LogP contribution in [0.4, 0.5) is 0 Å². The Bertz CT molecular complexity index is 430. The van der Waals surface area contributed by atoms with Crippen molar-refractivity contribution in [1.29, 1.82) is 0 Å². The van der Waals surface area contributed by atoms with Gasteiger partial charge in [0.1, 0.15) is 5.75 Å².